The molecule has 0 radical (unpaired) electrons. The SMILES string of the molecule is C#CCN(CC)c1ccc(F)cc1C(=O)O. The van der Waals surface area contributed by atoms with E-state index in [-0.39, 0.29) is 5.56 Å². The lowest BCUT2D eigenvalue weighted by Crippen LogP contribution is -2.25. The Morgan fingerprint density at radius 1 is 1.62 bits per heavy atom. The van der Waals surface area contributed by atoms with Crippen LogP contribution >= 0.6 is 0 Å². The van der Waals surface area contributed by atoms with E-state index in [2.05, 4.69) is 5.92 Å². The van der Waals surface area contributed by atoms with Gasteiger partial charge < -0.3 is 10.0 Å². The Morgan fingerprint density at radius 3 is 2.81 bits per heavy atom. The molecule has 1 aromatic rings. The number of carboxylic acids is 1. The summed E-state index contributed by atoms with van der Waals surface area (Å²) >= 11 is 0. The Bertz CT molecular complexity index is 437. The van der Waals surface area contributed by atoms with Crippen LogP contribution in [0.2, 0.25) is 0 Å². The predicted molar refractivity (Wildman–Crippen MR) is 60.1 cm³/mol. The molecule has 0 aliphatic heterocycles. The number of hydrogen-bond donors (Lipinski definition) is 1. The van der Waals surface area contributed by atoms with Crippen molar-refractivity contribution in [3.63, 3.8) is 0 Å². The van der Waals surface area contributed by atoms with Crippen molar-refractivity contribution < 1.29 is 14.3 Å². The van der Waals surface area contributed by atoms with Gasteiger partial charge in [0, 0.05) is 6.54 Å². The first-order valence-electron chi connectivity index (χ1n) is 4.81. The standard InChI is InChI=1S/C12H12FNO2/c1-3-7-14(4-2)11-6-5-9(13)8-10(11)12(15)16/h1,5-6,8H,4,7H2,2H3,(H,15,16). The fraction of sp³-hybridized carbons (Fsp3) is 0.250. The Morgan fingerprint density at radius 2 is 2.31 bits per heavy atom. The molecule has 0 fully saturated rings. The van der Waals surface area contributed by atoms with Crippen molar-refractivity contribution in [2.75, 3.05) is 18.0 Å². The van der Waals surface area contributed by atoms with Crippen molar-refractivity contribution in [2.24, 2.45) is 0 Å². The Balaban J connectivity index is 3.21. The molecule has 0 amide bonds. The summed E-state index contributed by atoms with van der Waals surface area (Å²) in [5, 5.41) is 8.96. The lowest BCUT2D eigenvalue weighted by atomic mass is 10.1. The molecule has 3 nitrogen and oxygen atoms in total. The van der Waals surface area contributed by atoms with Gasteiger partial charge >= 0.3 is 5.97 Å². The number of terminal acetylenes is 1. The van der Waals surface area contributed by atoms with Gasteiger partial charge in [0.2, 0.25) is 0 Å². The molecular weight excluding hydrogens is 209 g/mol. The number of nitrogens with zero attached hydrogens (tertiary/aromatic N) is 1. The summed E-state index contributed by atoms with van der Waals surface area (Å²) in [4.78, 5) is 12.7. The van der Waals surface area contributed by atoms with Crippen LogP contribution < -0.4 is 4.90 Å². The molecule has 84 valence electrons. The monoisotopic (exact) mass is 221 g/mol. The van der Waals surface area contributed by atoms with Gasteiger partial charge in [-0.1, -0.05) is 5.92 Å². The predicted octanol–water partition coefficient (Wildman–Crippen LogP) is 1.98. The third kappa shape index (κ3) is 2.51. The highest BCUT2D eigenvalue weighted by Gasteiger charge is 2.15. The van der Waals surface area contributed by atoms with Gasteiger partial charge in [-0.3, -0.25) is 0 Å². The maximum Gasteiger partial charge on any atom is 0.337 e. The lowest BCUT2D eigenvalue weighted by Gasteiger charge is -2.22. The number of benzene rings is 1. The molecule has 1 rings (SSSR count). The van der Waals surface area contributed by atoms with Crippen LogP contribution in [0.15, 0.2) is 18.2 Å². The molecule has 0 spiro atoms. The molecule has 16 heavy (non-hydrogen) atoms. The number of anilines is 1. The van der Waals surface area contributed by atoms with Crippen LogP contribution in [0.25, 0.3) is 0 Å². The first-order valence-corrected chi connectivity index (χ1v) is 4.81. The van der Waals surface area contributed by atoms with Gasteiger partial charge in [-0.2, -0.15) is 0 Å². The second-order valence-corrected chi connectivity index (χ2v) is 3.18. The van der Waals surface area contributed by atoms with E-state index in [1.165, 1.54) is 12.1 Å². The largest absolute Gasteiger partial charge is 0.478 e. The van der Waals surface area contributed by atoms with Crippen molar-refractivity contribution in [2.45, 2.75) is 6.92 Å². The fourth-order valence-corrected chi connectivity index (χ4v) is 1.43. The second kappa shape index (κ2) is 5.17. The van der Waals surface area contributed by atoms with E-state index in [9.17, 15) is 9.18 Å². The summed E-state index contributed by atoms with van der Waals surface area (Å²) in [6.45, 7) is 2.71. The van der Waals surface area contributed by atoms with Gasteiger partial charge in [0.1, 0.15) is 5.82 Å². The molecule has 4 heteroatoms. The van der Waals surface area contributed by atoms with Crippen molar-refractivity contribution in [3.8, 4) is 12.3 Å². The van der Waals surface area contributed by atoms with Crippen LogP contribution in [0.5, 0.6) is 0 Å². The minimum absolute atomic E-state index is 0.0721. The summed E-state index contributed by atoms with van der Waals surface area (Å²) in [6, 6.07) is 3.65. The van der Waals surface area contributed by atoms with Gasteiger partial charge in [-0.25, -0.2) is 9.18 Å². The number of carbonyl (C=O) groups is 1. The average molecular weight is 221 g/mol. The van der Waals surface area contributed by atoms with Crippen molar-refractivity contribution in [1.29, 1.82) is 0 Å². The van der Waals surface area contributed by atoms with Crippen molar-refractivity contribution in [3.05, 3.63) is 29.6 Å². The van der Waals surface area contributed by atoms with Gasteiger partial charge in [0.05, 0.1) is 17.8 Å². The number of carboxylic acid groups (broad SMARTS) is 1. The molecule has 0 atom stereocenters. The third-order valence-corrected chi connectivity index (χ3v) is 2.19. The normalized spacial score (nSPS) is 9.56. The second-order valence-electron chi connectivity index (χ2n) is 3.18. The zero-order valence-electron chi connectivity index (χ0n) is 8.90. The van der Waals surface area contributed by atoms with Crippen LogP contribution in [0.1, 0.15) is 17.3 Å². The van der Waals surface area contributed by atoms with Crippen molar-refractivity contribution in [1.82, 2.24) is 0 Å². The Labute approximate surface area is 93.5 Å². The number of aromatic carboxylic acids is 1. The molecule has 0 saturated carbocycles. The van der Waals surface area contributed by atoms with E-state index >= 15 is 0 Å². The number of halogens is 1. The van der Waals surface area contributed by atoms with Crippen LogP contribution in [0.4, 0.5) is 10.1 Å². The van der Waals surface area contributed by atoms with E-state index in [4.69, 9.17) is 11.5 Å². The highest BCUT2D eigenvalue weighted by Crippen LogP contribution is 2.21. The topological polar surface area (TPSA) is 40.5 Å². The van der Waals surface area contributed by atoms with Crippen LogP contribution in [-0.4, -0.2) is 24.2 Å². The first kappa shape index (κ1) is 12.1. The van der Waals surface area contributed by atoms with Crippen molar-refractivity contribution >= 4 is 11.7 Å². The highest BCUT2D eigenvalue weighted by atomic mass is 19.1. The lowest BCUT2D eigenvalue weighted by molar-refractivity contribution is 0.0697. The van der Waals surface area contributed by atoms with E-state index in [0.717, 1.165) is 6.07 Å². The van der Waals surface area contributed by atoms with E-state index in [1.54, 1.807) is 4.90 Å². The quantitative estimate of drug-likeness (QED) is 0.790. The molecule has 0 aliphatic carbocycles. The minimum atomic E-state index is -1.16. The molecular formula is C12H12FNO2. The molecule has 1 aromatic carbocycles. The minimum Gasteiger partial charge on any atom is -0.478 e. The van der Waals surface area contributed by atoms with Crippen LogP contribution in [0.3, 0.4) is 0 Å². The molecule has 0 aliphatic rings. The average Bonchev–Trinajstić information content (AvgIpc) is 2.26. The summed E-state index contributed by atoms with van der Waals surface area (Å²) in [7, 11) is 0. The maximum atomic E-state index is 12.9. The van der Waals surface area contributed by atoms with Gasteiger partial charge in [0.15, 0.2) is 0 Å². The van der Waals surface area contributed by atoms with Crippen LogP contribution in [0, 0.1) is 18.2 Å². The highest BCUT2D eigenvalue weighted by molar-refractivity contribution is 5.94. The third-order valence-electron chi connectivity index (χ3n) is 2.19. The first-order chi connectivity index (χ1) is 7.60. The van der Waals surface area contributed by atoms with E-state index in [1.807, 2.05) is 6.92 Å². The summed E-state index contributed by atoms with van der Waals surface area (Å²) in [6.07, 6.45) is 5.19. The van der Waals surface area contributed by atoms with E-state index in [0.29, 0.717) is 18.8 Å². The fourth-order valence-electron chi connectivity index (χ4n) is 1.43. The Kier molecular flexibility index (Phi) is 3.90. The molecule has 0 unspecified atom stereocenters. The molecule has 0 bridgehead atoms. The molecule has 0 saturated heterocycles. The molecule has 0 heterocycles. The molecule has 1 N–H and O–H groups in total. The Hall–Kier alpha value is -2.02. The maximum absolute atomic E-state index is 12.9. The zero-order chi connectivity index (χ0) is 12.1. The van der Waals surface area contributed by atoms with Gasteiger partial charge in [0.25, 0.3) is 0 Å². The smallest absolute Gasteiger partial charge is 0.337 e. The van der Waals surface area contributed by atoms with Gasteiger partial charge in [-0.05, 0) is 25.1 Å². The summed E-state index contributed by atoms with van der Waals surface area (Å²) in [5.41, 5.74) is 0.367. The van der Waals surface area contributed by atoms with Crippen LogP contribution in [-0.2, 0) is 0 Å². The number of hydrogen-bond acceptors (Lipinski definition) is 2. The summed E-state index contributed by atoms with van der Waals surface area (Å²) < 4.78 is 12.9. The summed E-state index contributed by atoms with van der Waals surface area (Å²) in [5.74, 6) is 0.704. The van der Waals surface area contributed by atoms with Gasteiger partial charge in [-0.15, -0.1) is 6.42 Å². The number of rotatable bonds is 4. The van der Waals surface area contributed by atoms with E-state index < -0.39 is 11.8 Å². The molecule has 0 aromatic heterocycles. The zero-order valence-corrected chi connectivity index (χ0v) is 8.90.